The van der Waals surface area contributed by atoms with Crippen LogP contribution in [0.4, 0.5) is 5.69 Å². The Morgan fingerprint density at radius 1 is 1.08 bits per heavy atom. The summed E-state index contributed by atoms with van der Waals surface area (Å²) >= 11 is 13.9. The first-order valence-electron chi connectivity index (χ1n) is 15.9. The number of aromatic nitrogens is 3. The van der Waals surface area contributed by atoms with Crippen LogP contribution in [0.5, 0.6) is 5.75 Å². The average Bonchev–Trinajstić information content (AvgIpc) is 3.67. The van der Waals surface area contributed by atoms with E-state index in [0.29, 0.717) is 83.0 Å². The molecule has 0 radical (unpaired) electrons. The van der Waals surface area contributed by atoms with Gasteiger partial charge in [-0.15, -0.1) is 0 Å². The summed E-state index contributed by atoms with van der Waals surface area (Å²) in [6, 6.07) is 13.0. The topological polar surface area (TPSA) is 140 Å². The van der Waals surface area contributed by atoms with E-state index in [4.69, 9.17) is 32.7 Å². The van der Waals surface area contributed by atoms with Crippen molar-refractivity contribution in [2.24, 2.45) is 7.05 Å². The molecule has 256 valence electrons. The Labute approximate surface area is 294 Å². The molecule has 1 fully saturated rings. The molecule has 0 unspecified atom stereocenters. The second-order valence-corrected chi connectivity index (χ2v) is 12.7. The fraction of sp³-hybridized carbons (Fsp3) is 0.343. The molecular weight excluding hydrogens is 669 g/mol. The van der Waals surface area contributed by atoms with Crippen molar-refractivity contribution in [1.29, 1.82) is 0 Å². The number of nitrogens with zero attached hydrogens (tertiary/aromatic N) is 4. The Morgan fingerprint density at radius 3 is 2.65 bits per heavy atom. The number of carbonyl (C=O) groups excluding carboxylic acids is 3. The highest BCUT2D eigenvalue weighted by atomic mass is 35.5. The molecule has 3 amide bonds. The highest BCUT2D eigenvalue weighted by molar-refractivity contribution is 6.39. The third-order valence-electron chi connectivity index (χ3n) is 8.86. The molecular formula is C35H37Cl2N7O5. The standard InChI is InChI=1S/C35H37Cl2N7O5/c1-43-27-12-14-44(30(46)19-48-2)18-26(27)41-34(43)35(47)42-25-6-4-5-23(31(25)36)24-11-13-39-33(32(24)37)20-7-8-21(28(15-20)49-3)16-38-17-22-9-10-29(45)40-22/h4-8,11,13,15,22,38H,9-10,12,14,16-19H2,1-3H3,(H,40,45)(H,42,47)/t22-/m0/s1. The van der Waals surface area contributed by atoms with Crippen LogP contribution in [0.25, 0.3) is 22.4 Å². The molecule has 0 spiro atoms. The van der Waals surface area contributed by atoms with Crippen molar-refractivity contribution in [1.82, 2.24) is 30.1 Å². The maximum Gasteiger partial charge on any atom is 0.291 e. The van der Waals surface area contributed by atoms with Gasteiger partial charge in [0.15, 0.2) is 5.82 Å². The zero-order valence-electron chi connectivity index (χ0n) is 27.4. The third-order valence-corrected chi connectivity index (χ3v) is 9.65. The number of carbonyl (C=O) groups is 3. The second-order valence-electron chi connectivity index (χ2n) is 12.0. The molecule has 4 aromatic rings. The van der Waals surface area contributed by atoms with Gasteiger partial charge in [0, 0.05) is 86.8 Å². The van der Waals surface area contributed by atoms with Crippen LogP contribution in [0.1, 0.15) is 40.4 Å². The smallest absolute Gasteiger partial charge is 0.291 e. The van der Waals surface area contributed by atoms with Crippen molar-refractivity contribution >= 4 is 46.6 Å². The molecule has 2 aromatic heterocycles. The molecule has 1 atom stereocenters. The molecule has 0 aliphatic carbocycles. The first kappa shape index (κ1) is 34.4. The summed E-state index contributed by atoms with van der Waals surface area (Å²) in [7, 11) is 4.89. The number of benzene rings is 2. The summed E-state index contributed by atoms with van der Waals surface area (Å²) in [5.41, 5.74) is 5.51. The number of halogens is 2. The van der Waals surface area contributed by atoms with Crippen molar-refractivity contribution in [3.8, 4) is 28.1 Å². The number of nitrogens with one attached hydrogen (secondary N) is 3. The normalized spacial score (nSPS) is 15.6. The Morgan fingerprint density at radius 2 is 1.90 bits per heavy atom. The predicted molar refractivity (Wildman–Crippen MR) is 187 cm³/mol. The summed E-state index contributed by atoms with van der Waals surface area (Å²) in [5.74, 6) is 0.434. The molecule has 2 aliphatic heterocycles. The number of hydrogen-bond acceptors (Lipinski definition) is 8. The fourth-order valence-electron chi connectivity index (χ4n) is 6.28. The summed E-state index contributed by atoms with van der Waals surface area (Å²) in [6.45, 7) is 2.07. The van der Waals surface area contributed by atoms with Crippen LogP contribution in [0.15, 0.2) is 48.7 Å². The van der Waals surface area contributed by atoms with Crippen LogP contribution in [0.2, 0.25) is 10.0 Å². The molecule has 0 saturated carbocycles. The number of pyridine rings is 1. The van der Waals surface area contributed by atoms with E-state index in [1.807, 2.05) is 24.3 Å². The molecule has 3 N–H and O–H groups in total. The van der Waals surface area contributed by atoms with Crippen LogP contribution in [-0.4, -0.2) is 77.1 Å². The Balaban J connectivity index is 1.20. The van der Waals surface area contributed by atoms with E-state index in [9.17, 15) is 14.4 Å². The molecule has 6 rings (SSSR count). The van der Waals surface area contributed by atoms with Gasteiger partial charge in [-0.05, 0) is 24.6 Å². The van der Waals surface area contributed by atoms with Crippen molar-refractivity contribution in [2.45, 2.75) is 38.4 Å². The number of amides is 3. The summed E-state index contributed by atoms with van der Waals surface area (Å²) in [4.78, 5) is 48.2. The van der Waals surface area contributed by atoms with Crippen LogP contribution < -0.4 is 20.7 Å². The average molecular weight is 707 g/mol. The van der Waals surface area contributed by atoms with Crippen LogP contribution in [-0.2, 0) is 40.9 Å². The van der Waals surface area contributed by atoms with Gasteiger partial charge in [-0.25, -0.2) is 4.98 Å². The van der Waals surface area contributed by atoms with Gasteiger partial charge in [-0.2, -0.15) is 0 Å². The Hall–Kier alpha value is -4.49. The van der Waals surface area contributed by atoms with Gasteiger partial charge in [-0.3, -0.25) is 19.4 Å². The van der Waals surface area contributed by atoms with Crippen LogP contribution in [0.3, 0.4) is 0 Å². The van der Waals surface area contributed by atoms with Crippen molar-refractivity contribution in [2.75, 3.05) is 39.2 Å². The van der Waals surface area contributed by atoms with Gasteiger partial charge >= 0.3 is 0 Å². The van der Waals surface area contributed by atoms with E-state index < -0.39 is 5.91 Å². The van der Waals surface area contributed by atoms with E-state index >= 15 is 0 Å². The molecule has 14 heteroatoms. The minimum absolute atomic E-state index is 0.00435. The van der Waals surface area contributed by atoms with E-state index in [1.54, 1.807) is 48.0 Å². The van der Waals surface area contributed by atoms with Crippen molar-refractivity contribution in [3.05, 3.63) is 81.5 Å². The number of methoxy groups -OCH3 is 2. The maximum atomic E-state index is 13.5. The van der Waals surface area contributed by atoms with Gasteiger partial charge in [0.2, 0.25) is 11.8 Å². The number of rotatable bonds is 11. The highest BCUT2D eigenvalue weighted by Crippen LogP contribution is 2.41. The Bertz CT molecular complexity index is 1910. The lowest BCUT2D eigenvalue weighted by atomic mass is 10.0. The minimum atomic E-state index is -0.429. The number of hydrogen-bond donors (Lipinski definition) is 3. The number of imidazole rings is 1. The first-order valence-corrected chi connectivity index (χ1v) is 16.7. The highest BCUT2D eigenvalue weighted by Gasteiger charge is 2.28. The predicted octanol–water partition coefficient (Wildman–Crippen LogP) is 4.62. The molecule has 0 bridgehead atoms. The molecule has 2 aromatic carbocycles. The van der Waals surface area contributed by atoms with Crippen molar-refractivity contribution in [3.63, 3.8) is 0 Å². The zero-order chi connectivity index (χ0) is 34.7. The van der Waals surface area contributed by atoms with Gasteiger partial charge in [-0.1, -0.05) is 47.5 Å². The molecule has 12 nitrogen and oxygen atoms in total. The van der Waals surface area contributed by atoms with Gasteiger partial charge < -0.3 is 34.9 Å². The zero-order valence-corrected chi connectivity index (χ0v) is 29.0. The lowest BCUT2D eigenvalue weighted by Crippen LogP contribution is -2.38. The minimum Gasteiger partial charge on any atom is -0.496 e. The van der Waals surface area contributed by atoms with Gasteiger partial charge in [0.1, 0.15) is 12.4 Å². The fourth-order valence-corrected chi connectivity index (χ4v) is 6.87. The van der Waals surface area contributed by atoms with E-state index in [1.165, 1.54) is 7.11 Å². The van der Waals surface area contributed by atoms with Crippen molar-refractivity contribution < 1.29 is 23.9 Å². The molecule has 1 saturated heterocycles. The molecule has 49 heavy (non-hydrogen) atoms. The largest absolute Gasteiger partial charge is 0.496 e. The maximum absolute atomic E-state index is 13.5. The van der Waals surface area contributed by atoms with Gasteiger partial charge in [0.25, 0.3) is 5.91 Å². The number of ether oxygens (including phenoxy) is 2. The monoisotopic (exact) mass is 705 g/mol. The summed E-state index contributed by atoms with van der Waals surface area (Å²) in [6.07, 6.45) is 3.63. The van der Waals surface area contributed by atoms with Gasteiger partial charge in [0.05, 0.1) is 40.8 Å². The first-order chi connectivity index (χ1) is 23.7. The second kappa shape index (κ2) is 15.0. The molecule has 4 heterocycles. The van der Waals surface area contributed by atoms with E-state index in [2.05, 4.69) is 25.9 Å². The lowest BCUT2D eigenvalue weighted by molar-refractivity contribution is -0.136. The van der Waals surface area contributed by atoms with E-state index in [-0.39, 0.29) is 30.3 Å². The Kier molecular flexibility index (Phi) is 10.5. The van der Waals surface area contributed by atoms with Crippen LogP contribution >= 0.6 is 23.2 Å². The lowest BCUT2D eigenvalue weighted by Gasteiger charge is -2.26. The molecule has 2 aliphatic rings. The number of anilines is 1. The number of fused-ring (bicyclic) bond motifs is 1. The van der Waals surface area contributed by atoms with E-state index in [0.717, 1.165) is 23.2 Å². The summed E-state index contributed by atoms with van der Waals surface area (Å²) in [5, 5.41) is 9.97. The third kappa shape index (κ3) is 7.28. The van der Waals surface area contributed by atoms with Crippen LogP contribution in [0, 0.1) is 0 Å². The SMILES string of the molecule is COCC(=O)N1CCc2c(nc(C(=O)Nc3cccc(-c4ccnc(-c5ccc(CNC[C@@H]6CCC(=O)N6)c(OC)c5)c4Cl)c3Cl)n2C)C1. The quantitative estimate of drug-likeness (QED) is 0.206. The summed E-state index contributed by atoms with van der Waals surface area (Å²) < 4.78 is 12.4.